The van der Waals surface area contributed by atoms with Crippen molar-refractivity contribution in [1.82, 2.24) is 4.48 Å². The van der Waals surface area contributed by atoms with Gasteiger partial charge >= 0.3 is 6.85 Å². The molecule has 3 aromatic heterocycles. The number of rotatable bonds is 1. The van der Waals surface area contributed by atoms with Gasteiger partial charge < -0.3 is 18.2 Å². The van der Waals surface area contributed by atoms with Crippen molar-refractivity contribution in [3.05, 3.63) is 164 Å². The molecule has 0 saturated heterocycles. The van der Waals surface area contributed by atoms with Crippen LogP contribution in [0.3, 0.4) is 0 Å². The average molecular weight is 699 g/mol. The van der Waals surface area contributed by atoms with Crippen LogP contribution in [-0.4, -0.2) is 11.3 Å². The van der Waals surface area contributed by atoms with Crippen molar-refractivity contribution in [3.63, 3.8) is 0 Å². The Morgan fingerprint density at radius 2 is 1.07 bits per heavy atom. The Hall–Kier alpha value is -7.24. The minimum atomic E-state index is -0.104. The first-order valence-electron chi connectivity index (χ1n) is 18.9. The molecule has 4 nitrogen and oxygen atoms in total. The van der Waals surface area contributed by atoms with Gasteiger partial charge in [0.15, 0.2) is 0 Å². The molecule has 0 bridgehead atoms. The van der Waals surface area contributed by atoms with Gasteiger partial charge in [0.25, 0.3) is 0 Å². The first kappa shape index (κ1) is 28.3. The molecule has 0 saturated carbocycles. The van der Waals surface area contributed by atoms with Crippen molar-refractivity contribution >= 4 is 122 Å². The molecule has 5 heterocycles. The molecule has 0 aliphatic carbocycles. The Bertz CT molecular complexity index is 3700. The van der Waals surface area contributed by atoms with Crippen LogP contribution in [-0.2, 0) is 0 Å². The molecule has 0 atom stereocenters. The molecule has 14 rings (SSSR count). The zero-order valence-electron chi connectivity index (χ0n) is 29.4. The van der Waals surface area contributed by atoms with Gasteiger partial charge in [0.05, 0.1) is 0 Å². The number of fused-ring (bicyclic) bond motifs is 16. The second-order valence-corrected chi connectivity index (χ2v) is 15.2. The summed E-state index contributed by atoms with van der Waals surface area (Å²) in [7, 11) is 0. The number of nitrogens with zero attached hydrogens (tertiary/aromatic N) is 2. The van der Waals surface area contributed by atoms with E-state index in [4.69, 9.17) is 8.83 Å². The number of aromatic nitrogens is 1. The molecule has 12 aromatic rings. The first-order chi connectivity index (χ1) is 27.3. The summed E-state index contributed by atoms with van der Waals surface area (Å²) in [4.78, 5) is 2.51. The van der Waals surface area contributed by atoms with Crippen molar-refractivity contribution in [2.24, 2.45) is 0 Å². The zero-order chi connectivity index (χ0) is 35.5. The van der Waals surface area contributed by atoms with E-state index < -0.39 is 0 Å². The highest BCUT2D eigenvalue weighted by Gasteiger charge is 2.44. The van der Waals surface area contributed by atoms with Gasteiger partial charge in [-0.2, -0.15) is 0 Å². The molecule has 252 valence electrons. The summed E-state index contributed by atoms with van der Waals surface area (Å²) in [5, 5.41) is 12.0. The summed E-state index contributed by atoms with van der Waals surface area (Å²) < 4.78 is 15.7. The van der Waals surface area contributed by atoms with Gasteiger partial charge in [0.2, 0.25) is 0 Å². The molecule has 0 fully saturated rings. The van der Waals surface area contributed by atoms with Crippen molar-refractivity contribution < 1.29 is 8.83 Å². The number of furan rings is 2. The Morgan fingerprint density at radius 3 is 1.89 bits per heavy atom. The predicted molar refractivity (Wildman–Crippen MR) is 230 cm³/mol. The van der Waals surface area contributed by atoms with Crippen LogP contribution in [0.15, 0.2) is 173 Å². The molecular formula is C50H27BN2O2. The van der Waals surface area contributed by atoms with E-state index in [0.29, 0.717) is 0 Å². The fourth-order valence-corrected chi connectivity index (χ4v) is 10.2. The number of hydrogen-bond donors (Lipinski definition) is 0. The standard InChI is InChI=1S/C50H27BN2O2/c1-2-11-29-23-41-37(22-28(29)10-1)35-16-9-17-36-48-32-13-4-3-12-30(32)24-43-49(48)51(53(41)50(35)36)40-27-47-39(34-15-6-8-19-45(34)55-47)26-42(40)52(43)31-20-21-46-38(25-31)33-14-5-7-18-44(33)54-46/h1-27H. The third kappa shape index (κ3) is 3.49. The minimum absolute atomic E-state index is 0.104. The molecule has 0 spiro atoms. The summed E-state index contributed by atoms with van der Waals surface area (Å²) in [6.45, 7) is -0.104. The number of anilines is 3. The van der Waals surface area contributed by atoms with Gasteiger partial charge in [0, 0.05) is 66.0 Å². The van der Waals surface area contributed by atoms with Crippen LogP contribution in [0.1, 0.15) is 0 Å². The van der Waals surface area contributed by atoms with Crippen LogP contribution < -0.4 is 15.8 Å². The lowest BCUT2D eigenvalue weighted by Crippen LogP contribution is -2.56. The molecule has 55 heavy (non-hydrogen) atoms. The topological polar surface area (TPSA) is 34.5 Å². The molecule has 2 aliphatic heterocycles. The SMILES string of the molecule is c1ccc2cc3c(cc2c1)c1cccc2c1n3B1c3cc4oc5ccccc5c4cc3N(c3ccc4oc5ccccc5c4c3)c3cc4ccccc4c-2c31. The maximum absolute atomic E-state index is 6.68. The Kier molecular flexibility index (Phi) is 5.06. The van der Waals surface area contributed by atoms with Gasteiger partial charge in [-0.15, -0.1) is 0 Å². The maximum Gasteiger partial charge on any atom is 0.333 e. The van der Waals surface area contributed by atoms with Crippen LogP contribution in [0.4, 0.5) is 17.1 Å². The highest BCUT2D eigenvalue weighted by molar-refractivity contribution is 6.90. The summed E-state index contributed by atoms with van der Waals surface area (Å²) >= 11 is 0. The van der Waals surface area contributed by atoms with E-state index in [1.807, 2.05) is 6.07 Å². The summed E-state index contributed by atoms with van der Waals surface area (Å²) in [5.41, 5.74) is 14.6. The maximum atomic E-state index is 6.68. The third-order valence-corrected chi connectivity index (χ3v) is 12.5. The van der Waals surface area contributed by atoms with Crippen molar-refractivity contribution in [1.29, 1.82) is 0 Å². The van der Waals surface area contributed by atoms with Gasteiger partial charge in [-0.3, -0.25) is 0 Å². The number of hydrogen-bond acceptors (Lipinski definition) is 3. The fourth-order valence-electron chi connectivity index (χ4n) is 10.2. The Labute approximate surface area is 314 Å². The van der Waals surface area contributed by atoms with E-state index in [-0.39, 0.29) is 6.85 Å². The van der Waals surface area contributed by atoms with Crippen molar-refractivity contribution in [3.8, 4) is 11.1 Å². The van der Waals surface area contributed by atoms with Crippen molar-refractivity contribution in [2.75, 3.05) is 4.90 Å². The van der Waals surface area contributed by atoms with Gasteiger partial charge in [-0.05, 0) is 98.7 Å². The quantitative estimate of drug-likeness (QED) is 0.160. The van der Waals surface area contributed by atoms with E-state index in [2.05, 4.69) is 167 Å². The van der Waals surface area contributed by atoms with Crippen LogP contribution in [0.25, 0.3) is 98.4 Å². The molecule has 0 unspecified atom stereocenters. The molecule has 0 amide bonds. The molecule has 2 aliphatic rings. The molecule has 9 aromatic carbocycles. The van der Waals surface area contributed by atoms with Crippen molar-refractivity contribution in [2.45, 2.75) is 0 Å². The van der Waals surface area contributed by atoms with Crippen LogP contribution in [0.2, 0.25) is 0 Å². The average Bonchev–Trinajstić information content (AvgIpc) is 3.89. The van der Waals surface area contributed by atoms with E-state index in [1.54, 1.807) is 0 Å². The smallest absolute Gasteiger partial charge is 0.333 e. The molecule has 0 N–H and O–H groups in total. The molecular weight excluding hydrogens is 671 g/mol. The van der Waals surface area contributed by atoms with Gasteiger partial charge in [-0.25, -0.2) is 0 Å². The van der Waals surface area contributed by atoms with E-state index in [1.165, 1.54) is 71.1 Å². The monoisotopic (exact) mass is 698 g/mol. The van der Waals surface area contributed by atoms with Gasteiger partial charge in [-0.1, -0.05) is 103 Å². The van der Waals surface area contributed by atoms with Crippen LogP contribution >= 0.6 is 0 Å². The largest absolute Gasteiger partial charge is 0.456 e. The first-order valence-corrected chi connectivity index (χ1v) is 18.9. The highest BCUT2D eigenvalue weighted by Crippen LogP contribution is 2.49. The number of benzene rings is 9. The zero-order valence-corrected chi connectivity index (χ0v) is 29.4. The van der Waals surface area contributed by atoms with E-state index in [0.717, 1.165) is 55.3 Å². The fraction of sp³-hybridized carbons (Fsp3) is 0. The summed E-state index contributed by atoms with van der Waals surface area (Å²) in [6.07, 6.45) is 0. The lowest BCUT2D eigenvalue weighted by molar-refractivity contribution is 0.669. The predicted octanol–water partition coefficient (Wildman–Crippen LogP) is 12.3. The summed E-state index contributed by atoms with van der Waals surface area (Å²) in [6, 6.07) is 59.9. The Morgan fingerprint density at radius 1 is 0.418 bits per heavy atom. The van der Waals surface area contributed by atoms with Crippen LogP contribution in [0, 0.1) is 0 Å². The Balaban J connectivity index is 1.19. The minimum Gasteiger partial charge on any atom is -0.456 e. The lowest BCUT2D eigenvalue weighted by Gasteiger charge is -2.41. The summed E-state index contributed by atoms with van der Waals surface area (Å²) in [5.74, 6) is 0. The molecule has 5 heteroatoms. The molecule has 0 radical (unpaired) electrons. The van der Waals surface area contributed by atoms with E-state index >= 15 is 0 Å². The second kappa shape index (κ2) is 9.84. The lowest BCUT2D eigenvalue weighted by atomic mass is 9.44. The van der Waals surface area contributed by atoms with E-state index in [9.17, 15) is 0 Å². The third-order valence-electron chi connectivity index (χ3n) is 12.5. The highest BCUT2D eigenvalue weighted by atomic mass is 16.3. The second-order valence-electron chi connectivity index (χ2n) is 15.2. The van der Waals surface area contributed by atoms with Gasteiger partial charge in [0.1, 0.15) is 22.3 Å². The number of para-hydroxylation sites is 3. The van der Waals surface area contributed by atoms with Crippen LogP contribution in [0.5, 0.6) is 0 Å². The normalized spacial score (nSPS) is 13.4.